The second kappa shape index (κ2) is 52.8. The Kier molecular flexibility index (Phi) is 49.2. The number of allylic oxidation sites excluding steroid dienone is 3. The standard InChI is InChI=1S/C67H127NO13/c1-3-5-7-9-11-13-15-17-19-20-21-22-23-24-25-26-27-28-29-30-31-32-33-34-35-36-37-39-41-43-45-47-49-51-59(72)68-55(56(71)50-48-46-44-42-40-38-18-16-14-12-10-8-6-4-2)54-78-66-64(77)62(75)65(58(53-70)80-66)81-67-63(76)61(74)60(73)57(52-69)79-67/h20-21,48,50,55-58,60-67,69-71,73-77H,3-19,22-47,49,51-54H2,1-2H3,(H,68,72)/b21-20-,50-48+. The van der Waals surface area contributed by atoms with Crippen molar-refractivity contribution in [2.45, 2.75) is 376 Å². The minimum Gasteiger partial charge on any atom is -0.394 e. The molecule has 2 fully saturated rings. The highest BCUT2D eigenvalue weighted by Gasteiger charge is 2.51. The molecule has 12 unspecified atom stereocenters. The number of unbranched alkanes of at least 4 members (excludes halogenated alkanes) is 41. The summed E-state index contributed by atoms with van der Waals surface area (Å²) >= 11 is 0. The lowest BCUT2D eigenvalue weighted by atomic mass is 9.97. The molecule has 2 heterocycles. The molecule has 14 heteroatoms. The van der Waals surface area contributed by atoms with E-state index in [9.17, 15) is 45.6 Å². The molecule has 0 saturated carbocycles. The second-order valence-electron chi connectivity index (χ2n) is 24.3. The third-order valence-corrected chi connectivity index (χ3v) is 16.9. The molecule has 0 radical (unpaired) electrons. The van der Waals surface area contributed by atoms with E-state index in [1.807, 2.05) is 6.08 Å². The maximum atomic E-state index is 13.3. The van der Waals surface area contributed by atoms with Crippen LogP contribution in [0.25, 0.3) is 0 Å². The first kappa shape index (κ1) is 75.6. The number of hydrogen-bond acceptors (Lipinski definition) is 13. The second-order valence-corrected chi connectivity index (χ2v) is 24.3. The van der Waals surface area contributed by atoms with Crippen LogP contribution in [0.3, 0.4) is 0 Å². The van der Waals surface area contributed by atoms with E-state index in [-0.39, 0.29) is 18.9 Å². The fraction of sp³-hybridized carbons (Fsp3) is 0.925. The molecule has 9 N–H and O–H groups in total. The fourth-order valence-electron chi connectivity index (χ4n) is 11.4. The molecule has 478 valence electrons. The van der Waals surface area contributed by atoms with Crippen LogP contribution >= 0.6 is 0 Å². The quantitative estimate of drug-likeness (QED) is 0.0204. The average Bonchev–Trinajstić information content (AvgIpc) is 3.47. The van der Waals surface area contributed by atoms with Crippen molar-refractivity contribution in [3.05, 3.63) is 24.3 Å². The van der Waals surface area contributed by atoms with Gasteiger partial charge in [-0.05, 0) is 44.9 Å². The molecule has 0 aromatic carbocycles. The van der Waals surface area contributed by atoms with Crippen LogP contribution in [0.2, 0.25) is 0 Å². The minimum atomic E-state index is -1.79. The third kappa shape index (κ3) is 37.6. The first-order chi connectivity index (χ1) is 39.6. The van der Waals surface area contributed by atoms with Gasteiger partial charge in [0.2, 0.25) is 5.91 Å². The number of amides is 1. The van der Waals surface area contributed by atoms with Crippen LogP contribution in [0.5, 0.6) is 0 Å². The number of carbonyl (C=O) groups is 1. The zero-order chi connectivity index (χ0) is 58.8. The van der Waals surface area contributed by atoms with Gasteiger partial charge in [-0.3, -0.25) is 4.79 Å². The zero-order valence-electron chi connectivity index (χ0n) is 51.8. The Morgan fingerprint density at radius 1 is 0.432 bits per heavy atom. The highest BCUT2D eigenvalue weighted by atomic mass is 16.7. The van der Waals surface area contributed by atoms with Crippen molar-refractivity contribution in [2.24, 2.45) is 0 Å². The van der Waals surface area contributed by atoms with Gasteiger partial charge in [0.15, 0.2) is 12.6 Å². The largest absolute Gasteiger partial charge is 0.394 e. The van der Waals surface area contributed by atoms with Crippen molar-refractivity contribution in [1.29, 1.82) is 0 Å². The van der Waals surface area contributed by atoms with Gasteiger partial charge in [-0.15, -0.1) is 0 Å². The Balaban J connectivity index is 1.61. The van der Waals surface area contributed by atoms with E-state index in [0.717, 1.165) is 38.5 Å². The lowest BCUT2D eigenvalue weighted by Crippen LogP contribution is -2.65. The number of aliphatic hydroxyl groups is 8. The smallest absolute Gasteiger partial charge is 0.220 e. The molecule has 1 amide bonds. The van der Waals surface area contributed by atoms with Crippen molar-refractivity contribution in [1.82, 2.24) is 5.32 Å². The molecule has 14 nitrogen and oxygen atoms in total. The molecule has 81 heavy (non-hydrogen) atoms. The monoisotopic (exact) mass is 1150 g/mol. The molecule has 12 atom stereocenters. The van der Waals surface area contributed by atoms with Crippen molar-refractivity contribution >= 4 is 5.91 Å². The van der Waals surface area contributed by atoms with E-state index in [2.05, 4.69) is 31.3 Å². The van der Waals surface area contributed by atoms with Crippen LogP contribution in [-0.2, 0) is 23.7 Å². The maximum Gasteiger partial charge on any atom is 0.220 e. The predicted octanol–water partition coefficient (Wildman–Crippen LogP) is 13.2. The lowest BCUT2D eigenvalue weighted by molar-refractivity contribution is -0.359. The number of aliphatic hydroxyl groups excluding tert-OH is 8. The molecular weight excluding hydrogens is 1030 g/mol. The number of rotatable bonds is 56. The predicted molar refractivity (Wildman–Crippen MR) is 328 cm³/mol. The summed E-state index contributed by atoms with van der Waals surface area (Å²) in [7, 11) is 0. The van der Waals surface area contributed by atoms with Crippen LogP contribution < -0.4 is 5.32 Å². The Labute approximate surface area is 494 Å². The zero-order valence-corrected chi connectivity index (χ0v) is 51.8. The van der Waals surface area contributed by atoms with Gasteiger partial charge < -0.3 is 65.1 Å². The normalized spacial score (nSPS) is 24.2. The van der Waals surface area contributed by atoms with Crippen molar-refractivity contribution in [2.75, 3.05) is 19.8 Å². The van der Waals surface area contributed by atoms with Gasteiger partial charge in [-0.2, -0.15) is 0 Å². The van der Waals surface area contributed by atoms with Crippen molar-refractivity contribution in [3.8, 4) is 0 Å². The minimum absolute atomic E-state index is 0.234. The molecular formula is C67H127NO13. The Bertz CT molecular complexity index is 1450. The molecule has 2 aliphatic heterocycles. The molecule has 2 rings (SSSR count). The summed E-state index contributed by atoms with van der Waals surface area (Å²) in [5.41, 5.74) is 0. The van der Waals surface area contributed by atoms with Crippen molar-refractivity contribution in [3.63, 3.8) is 0 Å². The van der Waals surface area contributed by atoms with Gasteiger partial charge in [-0.1, -0.05) is 276 Å². The molecule has 0 bridgehead atoms. The highest BCUT2D eigenvalue weighted by Crippen LogP contribution is 2.30. The number of ether oxygens (including phenoxy) is 4. The molecule has 0 aliphatic carbocycles. The van der Waals surface area contributed by atoms with Gasteiger partial charge in [0.25, 0.3) is 0 Å². The van der Waals surface area contributed by atoms with Gasteiger partial charge in [0, 0.05) is 6.42 Å². The first-order valence-electron chi connectivity index (χ1n) is 34.1. The topological polar surface area (TPSA) is 228 Å². The Hall–Kier alpha value is -1.53. The fourth-order valence-corrected chi connectivity index (χ4v) is 11.4. The SMILES string of the molecule is CCCCCCCCCC/C=C\CCCCCCCCCCCCCCCCCCCCCCCC(=O)NC(COC1OC(CO)C(OC2OC(CO)C(O)C(O)C2O)C(O)C1O)C(O)/C=C/CCCCCCCCCCCCCC. The van der Waals surface area contributed by atoms with Crippen LogP contribution in [0.4, 0.5) is 0 Å². The van der Waals surface area contributed by atoms with E-state index >= 15 is 0 Å². The first-order valence-corrected chi connectivity index (χ1v) is 34.1. The van der Waals surface area contributed by atoms with E-state index in [1.165, 1.54) is 238 Å². The average molecular weight is 1150 g/mol. The summed E-state index contributed by atoms with van der Waals surface area (Å²) in [6, 6.07) is -0.911. The lowest BCUT2D eigenvalue weighted by Gasteiger charge is -2.46. The summed E-state index contributed by atoms with van der Waals surface area (Å²) in [5, 5.41) is 87.2. The highest BCUT2D eigenvalue weighted by molar-refractivity contribution is 5.76. The Morgan fingerprint density at radius 2 is 0.778 bits per heavy atom. The molecule has 0 aromatic heterocycles. The summed E-state index contributed by atoms with van der Waals surface area (Å²) in [4.78, 5) is 13.3. The molecule has 0 aromatic rings. The maximum absolute atomic E-state index is 13.3. The summed E-state index contributed by atoms with van der Waals surface area (Å²) in [5.74, 6) is -0.234. The summed E-state index contributed by atoms with van der Waals surface area (Å²) < 4.78 is 22.8. The van der Waals surface area contributed by atoms with Gasteiger partial charge in [-0.25, -0.2) is 0 Å². The van der Waals surface area contributed by atoms with Gasteiger partial charge >= 0.3 is 0 Å². The summed E-state index contributed by atoms with van der Waals surface area (Å²) in [6.45, 7) is 2.83. The van der Waals surface area contributed by atoms with Crippen LogP contribution in [0.1, 0.15) is 303 Å². The third-order valence-electron chi connectivity index (χ3n) is 16.9. The number of carbonyl (C=O) groups excluding carboxylic acids is 1. The molecule has 0 spiro atoms. The Morgan fingerprint density at radius 3 is 1.17 bits per heavy atom. The van der Waals surface area contributed by atoms with Crippen LogP contribution in [-0.4, -0.2) is 140 Å². The van der Waals surface area contributed by atoms with E-state index in [0.29, 0.717) is 6.42 Å². The summed E-state index contributed by atoms with van der Waals surface area (Å²) in [6.07, 6.45) is 48.2. The number of hydrogen-bond donors (Lipinski definition) is 9. The van der Waals surface area contributed by atoms with Crippen LogP contribution in [0, 0.1) is 0 Å². The van der Waals surface area contributed by atoms with E-state index in [4.69, 9.17) is 18.9 Å². The number of nitrogens with one attached hydrogen (secondary N) is 1. The van der Waals surface area contributed by atoms with Gasteiger partial charge in [0.1, 0.15) is 48.8 Å². The molecule has 2 aliphatic rings. The molecule has 2 saturated heterocycles. The van der Waals surface area contributed by atoms with E-state index in [1.54, 1.807) is 6.08 Å². The van der Waals surface area contributed by atoms with Gasteiger partial charge in [0.05, 0.1) is 32.0 Å². The van der Waals surface area contributed by atoms with E-state index < -0.39 is 86.8 Å². The van der Waals surface area contributed by atoms with Crippen LogP contribution in [0.15, 0.2) is 24.3 Å². The van der Waals surface area contributed by atoms with Crippen molar-refractivity contribution < 1.29 is 64.6 Å².